The van der Waals surface area contributed by atoms with Gasteiger partial charge in [0.1, 0.15) is 0 Å². The molecule has 1 saturated heterocycles. The summed E-state index contributed by atoms with van der Waals surface area (Å²) in [6.45, 7) is 0. The van der Waals surface area contributed by atoms with Crippen molar-refractivity contribution in [1.29, 1.82) is 0 Å². The smallest absolute Gasteiger partial charge is 0.255 e. The Bertz CT molecular complexity index is 459. The fraction of sp³-hybridized carbons (Fsp3) is 0.500. The summed E-state index contributed by atoms with van der Waals surface area (Å²) in [7, 11) is 3.52. The normalized spacial score (nSPS) is 19.0. The van der Waals surface area contributed by atoms with Gasteiger partial charge in [-0.05, 0) is 36.8 Å². The van der Waals surface area contributed by atoms with Crippen molar-refractivity contribution in [3.63, 3.8) is 0 Å². The lowest BCUT2D eigenvalue weighted by Crippen LogP contribution is -2.28. The first-order valence-corrected chi connectivity index (χ1v) is 7.96. The van der Waals surface area contributed by atoms with Gasteiger partial charge in [0.25, 0.3) is 5.91 Å². The van der Waals surface area contributed by atoms with Gasteiger partial charge in [-0.1, -0.05) is 11.6 Å². The van der Waals surface area contributed by atoms with Gasteiger partial charge in [0.2, 0.25) is 0 Å². The van der Waals surface area contributed by atoms with Crippen LogP contribution in [-0.4, -0.2) is 42.4 Å². The van der Waals surface area contributed by atoms with Gasteiger partial charge in [0, 0.05) is 36.6 Å². The van der Waals surface area contributed by atoms with Crippen LogP contribution >= 0.6 is 23.4 Å². The molecule has 0 aromatic heterocycles. The van der Waals surface area contributed by atoms with Gasteiger partial charge in [-0.25, -0.2) is 0 Å². The van der Waals surface area contributed by atoms with Gasteiger partial charge in [-0.3, -0.25) is 4.79 Å². The van der Waals surface area contributed by atoms with Crippen LogP contribution in [0.2, 0.25) is 5.02 Å². The van der Waals surface area contributed by atoms with E-state index < -0.39 is 0 Å². The minimum atomic E-state index is 0.00243. The summed E-state index contributed by atoms with van der Waals surface area (Å²) in [5.41, 5.74) is 1.53. The highest BCUT2D eigenvalue weighted by atomic mass is 35.5. The number of rotatable bonds is 3. The lowest BCUT2D eigenvalue weighted by molar-refractivity contribution is 0.0828. The molecule has 2 rings (SSSR count). The molecule has 104 valence electrons. The zero-order valence-corrected chi connectivity index (χ0v) is 12.9. The Morgan fingerprint density at radius 2 is 2.26 bits per heavy atom. The van der Waals surface area contributed by atoms with Gasteiger partial charge < -0.3 is 10.2 Å². The largest absolute Gasteiger partial charge is 0.381 e. The van der Waals surface area contributed by atoms with Gasteiger partial charge in [-0.2, -0.15) is 11.8 Å². The number of benzene rings is 1. The molecule has 0 radical (unpaired) electrons. The Morgan fingerprint density at radius 1 is 1.47 bits per heavy atom. The molecule has 0 spiro atoms. The summed E-state index contributed by atoms with van der Waals surface area (Å²) >= 11 is 8.00. The number of hydrogen-bond donors (Lipinski definition) is 1. The maximum Gasteiger partial charge on any atom is 0.255 e. The minimum absolute atomic E-state index is 0.00243. The van der Waals surface area contributed by atoms with Crippen molar-refractivity contribution in [3.8, 4) is 0 Å². The number of hydrogen-bond acceptors (Lipinski definition) is 3. The number of thioether (sulfide) groups is 1. The second-order valence-corrected chi connectivity index (χ2v) is 6.53. The lowest BCUT2D eigenvalue weighted by atomic mass is 10.1. The Hall–Kier alpha value is -0.870. The molecule has 0 saturated carbocycles. The predicted molar refractivity (Wildman–Crippen MR) is 83.4 cm³/mol. The molecule has 0 aliphatic carbocycles. The minimum Gasteiger partial charge on any atom is -0.381 e. The molecule has 19 heavy (non-hydrogen) atoms. The highest BCUT2D eigenvalue weighted by Crippen LogP contribution is 2.26. The summed E-state index contributed by atoms with van der Waals surface area (Å²) in [6, 6.07) is 5.82. The molecule has 1 amide bonds. The fourth-order valence-corrected chi connectivity index (χ4v) is 3.38. The Kier molecular flexibility index (Phi) is 4.99. The van der Waals surface area contributed by atoms with E-state index in [1.54, 1.807) is 31.1 Å². The van der Waals surface area contributed by atoms with Gasteiger partial charge in [-0.15, -0.1) is 0 Å². The number of anilines is 1. The molecule has 1 aliphatic heterocycles. The number of nitrogens with one attached hydrogen (secondary N) is 1. The highest BCUT2D eigenvalue weighted by molar-refractivity contribution is 7.99. The third-order valence-corrected chi connectivity index (χ3v) is 4.59. The number of carbonyl (C=O) groups is 1. The molecular weight excluding hydrogens is 280 g/mol. The van der Waals surface area contributed by atoms with E-state index in [2.05, 4.69) is 5.32 Å². The molecule has 1 atom stereocenters. The lowest BCUT2D eigenvalue weighted by Gasteiger charge is -2.25. The van der Waals surface area contributed by atoms with Crippen molar-refractivity contribution < 1.29 is 4.79 Å². The van der Waals surface area contributed by atoms with E-state index in [0.29, 0.717) is 16.6 Å². The fourth-order valence-electron chi connectivity index (χ4n) is 2.14. The molecule has 1 heterocycles. The molecule has 1 fully saturated rings. The highest BCUT2D eigenvalue weighted by Gasteiger charge is 2.18. The van der Waals surface area contributed by atoms with E-state index in [4.69, 9.17) is 11.6 Å². The van der Waals surface area contributed by atoms with E-state index in [9.17, 15) is 4.79 Å². The topological polar surface area (TPSA) is 32.3 Å². The number of carbonyl (C=O) groups excluding carboxylic acids is 1. The number of nitrogens with zero attached hydrogens (tertiary/aromatic N) is 1. The molecule has 1 N–H and O–H groups in total. The van der Waals surface area contributed by atoms with Crippen LogP contribution in [0.1, 0.15) is 23.2 Å². The van der Waals surface area contributed by atoms with Crippen molar-refractivity contribution in [2.24, 2.45) is 0 Å². The van der Waals surface area contributed by atoms with Crippen LogP contribution in [0.5, 0.6) is 0 Å². The average molecular weight is 299 g/mol. The molecule has 1 unspecified atom stereocenters. The van der Waals surface area contributed by atoms with Crippen LogP contribution in [-0.2, 0) is 0 Å². The molecule has 1 aromatic rings. The second kappa shape index (κ2) is 6.53. The summed E-state index contributed by atoms with van der Waals surface area (Å²) in [5, 5.41) is 4.13. The molecular formula is C14H19ClN2OS. The van der Waals surface area contributed by atoms with Crippen molar-refractivity contribution in [3.05, 3.63) is 28.8 Å². The molecule has 0 bridgehead atoms. The second-order valence-electron chi connectivity index (χ2n) is 4.95. The SMILES string of the molecule is CN(C)C(=O)c1ccc(Cl)cc1NC1CCCSC1. The Balaban J connectivity index is 2.21. The third-order valence-electron chi connectivity index (χ3n) is 3.14. The third kappa shape index (κ3) is 3.80. The Morgan fingerprint density at radius 3 is 2.89 bits per heavy atom. The molecule has 3 nitrogen and oxygen atoms in total. The van der Waals surface area contributed by atoms with E-state index in [0.717, 1.165) is 17.9 Å². The van der Waals surface area contributed by atoms with Crippen molar-refractivity contribution in [1.82, 2.24) is 4.90 Å². The zero-order valence-electron chi connectivity index (χ0n) is 11.3. The molecule has 1 aromatic carbocycles. The van der Waals surface area contributed by atoms with E-state index in [-0.39, 0.29) is 5.91 Å². The van der Waals surface area contributed by atoms with E-state index in [1.807, 2.05) is 17.8 Å². The quantitative estimate of drug-likeness (QED) is 0.929. The Labute approximate surface area is 123 Å². The number of halogens is 1. The van der Waals surface area contributed by atoms with E-state index >= 15 is 0 Å². The average Bonchev–Trinajstić information content (AvgIpc) is 2.39. The van der Waals surface area contributed by atoms with Gasteiger partial charge in [0.15, 0.2) is 0 Å². The van der Waals surface area contributed by atoms with Crippen LogP contribution in [0.25, 0.3) is 0 Å². The predicted octanol–water partition coefficient (Wildman–Crippen LogP) is 3.35. The molecule has 1 aliphatic rings. The van der Waals surface area contributed by atoms with E-state index in [1.165, 1.54) is 12.2 Å². The maximum atomic E-state index is 12.2. The number of amides is 1. The first kappa shape index (κ1) is 14.5. The standard InChI is InChI=1S/C14H19ClN2OS/c1-17(2)14(18)12-6-5-10(15)8-13(12)16-11-4-3-7-19-9-11/h5-6,8,11,16H,3-4,7,9H2,1-2H3. The summed E-state index contributed by atoms with van der Waals surface area (Å²) in [6.07, 6.45) is 2.37. The first-order valence-electron chi connectivity index (χ1n) is 6.43. The van der Waals surface area contributed by atoms with Crippen LogP contribution < -0.4 is 5.32 Å². The van der Waals surface area contributed by atoms with Crippen LogP contribution in [0, 0.1) is 0 Å². The van der Waals surface area contributed by atoms with Crippen LogP contribution in [0.4, 0.5) is 5.69 Å². The van der Waals surface area contributed by atoms with Crippen molar-refractivity contribution >= 4 is 35.0 Å². The summed E-state index contributed by atoms with van der Waals surface area (Å²) in [5.74, 6) is 2.32. The van der Waals surface area contributed by atoms with Crippen molar-refractivity contribution in [2.45, 2.75) is 18.9 Å². The monoisotopic (exact) mass is 298 g/mol. The first-order chi connectivity index (χ1) is 9.08. The molecule has 5 heteroatoms. The van der Waals surface area contributed by atoms with Crippen LogP contribution in [0.3, 0.4) is 0 Å². The summed E-state index contributed by atoms with van der Waals surface area (Å²) in [4.78, 5) is 13.7. The van der Waals surface area contributed by atoms with Gasteiger partial charge >= 0.3 is 0 Å². The van der Waals surface area contributed by atoms with Crippen LogP contribution in [0.15, 0.2) is 18.2 Å². The maximum absolute atomic E-state index is 12.2. The van der Waals surface area contributed by atoms with Gasteiger partial charge in [0.05, 0.1) is 5.56 Å². The van der Waals surface area contributed by atoms with Crippen molar-refractivity contribution in [2.75, 3.05) is 30.9 Å². The zero-order chi connectivity index (χ0) is 13.8. The summed E-state index contributed by atoms with van der Waals surface area (Å²) < 4.78 is 0.